The van der Waals surface area contributed by atoms with Crippen molar-refractivity contribution in [2.24, 2.45) is 16.3 Å². The van der Waals surface area contributed by atoms with Gasteiger partial charge in [0.15, 0.2) is 0 Å². The van der Waals surface area contributed by atoms with Crippen LogP contribution in [0, 0.1) is 11.3 Å². The SMILES string of the molecule is CC1(C2C=NCCC2)CN(C(=O)C2=CCC(c3ccccc3)=C2)CC2=C1CCC=C2. The summed E-state index contributed by atoms with van der Waals surface area (Å²) in [6, 6.07) is 10.4. The highest BCUT2D eigenvalue weighted by Gasteiger charge is 2.44. The third-order valence-electron chi connectivity index (χ3n) is 7.29. The number of allylic oxidation sites excluding steroid dienone is 3. The summed E-state index contributed by atoms with van der Waals surface area (Å²) in [6.45, 7) is 4.84. The number of carbonyl (C=O) groups excluding carboxylic acids is 1. The normalized spacial score (nSPS) is 28.3. The molecule has 1 aromatic carbocycles. The van der Waals surface area contributed by atoms with E-state index >= 15 is 0 Å². The summed E-state index contributed by atoms with van der Waals surface area (Å²) in [5.74, 6) is 0.594. The molecule has 5 rings (SSSR count). The van der Waals surface area contributed by atoms with Gasteiger partial charge in [0.05, 0.1) is 0 Å². The van der Waals surface area contributed by atoms with E-state index in [0.29, 0.717) is 5.92 Å². The van der Waals surface area contributed by atoms with Crippen LogP contribution in [-0.2, 0) is 4.79 Å². The summed E-state index contributed by atoms with van der Waals surface area (Å²) < 4.78 is 0. The van der Waals surface area contributed by atoms with Crippen molar-refractivity contribution < 1.29 is 4.79 Å². The van der Waals surface area contributed by atoms with Crippen molar-refractivity contribution >= 4 is 17.7 Å². The van der Waals surface area contributed by atoms with Gasteiger partial charge in [0.1, 0.15) is 0 Å². The molecule has 1 aromatic rings. The van der Waals surface area contributed by atoms with Crippen molar-refractivity contribution in [1.82, 2.24) is 4.90 Å². The van der Waals surface area contributed by atoms with Crippen LogP contribution >= 0.6 is 0 Å². The van der Waals surface area contributed by atoms with Crippen LogP contribution in [0.2, 0.25) is 0 Å². The number of hydrogen-bond acceptors (Lipinski definition) is 2. The number of nitrogens with zero attached hydrogens (tertiary/aromatic N) is 2. The fourth-order valence-corrected chi connectivity index (χ4v) is 5.63. The second-order valence-electron chi connectivity index (χ2n) is 9.23. The minimum atomic E-state index is -0.0109. The minimum Gasteiger partial charge on any atom is -0.333 e. The molecule has 1 amide bonds. The van der Waals surface area contributed by atoms with E-state index in [0.717, 1.165) is 50.9 Å². The Balaban J connectivity index is 1.43. The van der Waals surface area contributed by atoms with Crippen LogP contribution in [0.15, 0.2) is 76.3 Å². The van der Waals surface area contributed by atoms with Gasteiger partial charge in [-0.15, -0.1) is 0 Å². The second-order valence-corrected chi connectivity index (χ2v) is 9.23. The van der Waals surface area contributed by atoms with Crippen molar-refractivity contribution in [3.63, 3.8) is 0 Å². The van der Waals surface area contributed by atoms with Gasteiger partial charge in [0.25, 0.3) is 5.91 Å². The van der Waals surface area contributed by atoms with E-state index in [1.54, 1.807) is 5.57 Å². The topological polar surface area (TPSA) is 32.7 Å². The lowest BCUT2D eigenvalue weighted by Crippen LogP contribution is -2.50. The average Bonchev–Trinajstić information content (AvgIpc) is 3.30. The van der Waals surface area contributed by atoms with Crippen LogP contribution < -0.4 is 0 Å². The summed E-state index contributed by atoms with van der Waals surface area (Å²) >= 11 is 0. The van der Waals surface area contributed by atoms with Crippen LogP contribution in [-0.4, -0.2) is 36.7 Å². The Bertz CT molecular complexity index is 995. The number of carbonyl (C=O) groups is 1. The third kappa shape index (κ3) is 3.40. The van der Waals surface area contributed by atoms with Gasteiger partial charge < -0.3 is 4.90 Å². The van der Waals surface area contributed by atoms with E-state index in [2.05, 4.69) is 71.6 Å². The first-order valence-electron chi connectivity index (χ1n) is 11.3. The van der Waals surface area contributed by atoms with Crippen LogP contribution in [0.3, 0.4) is 0 Å². The number of rotatable bonds is 3. The van der Waals surface area contributed by atoms with Gasteiger partial charge in [-0.3, -0.25) is 9.79 Å². The van der Waals surface area contributed by atoms with Crippen molar-refractivity contribution in [3.05, 3.63) is 76.9 Å². The van der Waals surface area contributed by atoms with Crippen molar-refractivity contribution in [2.45, 2.75) is 39.0 Å². The number of amides is 1. The van der Waals surface area contributed by atoms with Gasteiger partial charge in [-0.1, -0.05) is 61.1 Å². The zero-order valence-electron chi connectivity index (χ0n) is 17.8. The van der Waals surface area contributed by atoms with Gasteiger partial charge in [0, 0.05) is 42.8 Å². The van der Waals surface area contributed by atoms with Gasteiger partial charge in [-0.25, -0.2) is 0 Å². The first-order valence-corrected chi connectivity index (χ1v) is 11.3. The summed E-state index contributed by atoms with van der Waals surface area (Å²) in [7, 11) is 0. The maximum Gasteiger partial charge on any atom is 0.253 e. The molecular formula is C27H30N2O. The molecule has 0 spiro atoms. The lowest BCUT2D eigenvalue weighted by molar-refractivity contribution is -0.128. The Morgan fingerprint density at radius 1 is 1.23 bits per heavy atom. The van der Waals surface area contributed by atoms with E-state index in [1.807, 2.05) is 6.07 Å². The fourth-order valence-electron chi connectivity index (χ4n) is 5.63. The zero-order chi connectivity index (χ0) is 20.6. The lowest BCUT2D eigenvalue weighted by Gasteiger charge is -2.48. The molecule has 2 atom stereocenters. The highest BCUT2D eigenvalue weighted by Crippen LogP contribution is 2.47. The van der Waals surface area contributed by atoms with Crippen LogP contribution in [0.25, 0.3) is 5.57 Å². The molecule has 2 aliphatic carbocycles. The Morgan fingerprint density at radius 2 is 2.10 bits per heavy atom. The Labute approximate surface area is 179 Å². The Morgan fingerprint density at radius 3 is 2.90 bits per heavy atom. The molecule has 0 saturated heterocycles. The van der Waals surface area contributed by atoms with E-state index in [-0.39, 0.29) is 11.3 Å². The zero-order valence-corrected chi connectivity index (χ0v) is 17.8. The molecule has 3 heteroatoms. The lowest BCUT2D eigenvalue weighted by atomic mass is 9.64. The van der Waals surface area contributed by atoms with E-state index in [4.69, 9.17) is 0 Å². The Hall–Kier alpha value is -2.68. The highest BCUT2D eigenvalue weighted by molar-refractivity contribution is 6.00. The van der Waals surface area contributed by atoms with E-state index < -0.39 is 0 Å². The van der Waals surface area contributed by atoms with Crippen LogP contribution in [0.4, 0.5) is 0 Å². The second kappa shape index (κ2) is 7.86. The van der Waals surface area contributed by atoms with E-state index in [1.165, 1.54) is 23.1 Å². The summed E-state index contributed by atoms with van der Waals surface area (Å²) in [4.78, 5) is 20.3. The molecule has 0 bridgehead atoms. The summed E-state index contributed by atoms with van der Waals surface area (Å²) in [5, 5.41) is 0. The van der Waals surface area contributed by atoms with Crippen LogP contribution in [0.5, 0.6) is 0 Å². The molecule has 2 aliphatic heterocycles. The average molecular weight is 399 g/mol. The summed E-state index contributed by atoms with van der Waals surface area (Å²) in [6.07, 6.45) is 16.3. The molecule has 3 nitrogen and oxygen atoms in total. The van der Waals surface area contributed by atoms with E-state index in [9.17, 15) is 4.79 Å². The predicted molar refractivity (Wildman–Crippen MR) is 123 cm³/mol. The van der Waals surface area contributed by atoms with Gasteiger partial charge >= 0.3 is 0 Å². The molecule has 0 N–H and O–H groups in total. The minimum absolute atomic E-state index is 0.0109. The molecule has 154 valence electrons. The predicted octanol–water partition coefficient (Wildman–Crippen LogP) is 5.38. The molecule has 30 heavy (non-hydrogen) atoms. The number of benzene rings is 1. The van der Waals surface area contributed by atoms with Crippen molar-refractivity contribution in [3.8, 4) is 0 Å². The van der Waals surface area contributed by atoms with Crippen LogP contribution in [0.1, 0.15) is 44.6 Å². The molecule has 0 fully saturated rings. The molecule has 0 saturated carbocycles. The number of aliphatic imine (C=N–C) groups is 1. The molecule has 2 heterocycles. The standard InChI is InChI=1S/C27H30N2O/c1-27(24-11-7-15-28-17-24)19-29(18-23-10-5-6-12-25(23)27)26(30)22-14-13-21(16-22)20-8-3-2-4-9-20/h2-5,8-10,14,16-17,24H,6-7,11-13,15,18-19H2,1H3. The first kappa shape index (κ1) is 19.3. The molecular weight excluding hydrogens is 368 g/mol. The Kier molecular flexibility index (Phi) is 5.06. The molecule has 0 aromatic heterocycles. The maximum absolute atomic E-state index is 13.6. The van der Waals surface area contributed by atoms with Crippen molar-refractivity contribution in [1.29, 1.82) is 0 Å². The van der Waals surface area contributed by atoms with Crippen molar-refractivity contribution in [2.75, 3.05) is 19.6 Å². The third-order valence-corrected chi connectivity index (χ3v) is 7.29. The monoisotopic (exact) mass is 398 g/mol. The quantitative estimate of drug-likeness (QED) is 0.673. The highest BCUT2D eigenvalue weighted by atomic mass is 16.2. The largest absolute Gasteiger partial charge is 0.333 e. The molecule has 0 radical (unpaired) electrons. The van der Waals surface area contributed by atoms with Gasteiger partial charge in [-0.2, -0.15) is 0 Å². The molecule has 4 aliphatic rings. The smallest absolute Gasteiger partial charge is 0.253 e. The molecule has 2 unspecified atom stereocenters. The maximum atomic E-state index is 13.6. The summed E-state index contributed by atoms with van der Waals surface area (Å²) in [5.41, 5.74) is 6.19. The number of hydrogen-bond donors (Lipinski definition) is 0. The van der Waals surface area contributed by atoms with Gasteiger partial charge in [-0.05, 0) is 54.9 Å². The first-order chi connectivity index (χ1) is 14.6. The fraction of sp³-hybridized carbons (Fsp3) is 0.407. The van der Waals surface area contributed by atoms with Gasteiger partial charge in [0.2, 0.25) is 0 Å².